The summed E-state index contributed by atoms with van der Waals surface area (Å²) in [6, 6.07) is 7.52. The number of nitrogens with zero attached hydrogens (tertiary/aromatic N) is 3. The number of anilines is 1. The van der Waals surface area contributed by atoms with Gasteiger partial charge in [-0.15, -0.1) is 0 Å². The number of imidazole rings is 1. The molecule has 1 heterocycles. The third-order valence-corrected chi connectivity index (χ3v) is 2.81. The standard InChI is InChI=1S/C13H14N4O3/c1-2-10-5-3-4-6-11(10)15-13(18)8-16-7-12(14-9-16)17(19)20/h3-7,9H,2,8H2,1H3,(H,15,18). The van der Waals surface area contributed by atoms with Gasteiger partial charge in [-0.1, -0.05) is 25.1 Å². The summed E-state index contributed by atoms with van der Waals surface area (Å²) in [4.78, 5) is 25.4. The van der Waals surface area contributed by atoms with Gasteiger partial charge in [0.2, 0.25) is 12.2 Å². The smallest absolute Gasteiger partial charge is 0.358 e. The summed E-state index contributed by atoms with van der Waals surface area (Å²) in [5.41, 5.74) is 1.80. The molecule has 0 radical (unpaired) electrons. The van der Waals surface area contributed by atoms with Crippen molar-refractivity contribution < 1.29 is 9.72 Å². The number of aryl methyl sites for hydroxylation is 1. The van der Waals surface area contributed by atoms with Crippen molar-refractivity contribution in [3.8, 4) is 0 Å². The number of nitrogens with one attached hydrogen (secondary N) is 1. The summed E-state index contributed by atoms with van der Waals surface area (Å²) >= 11 is 0. The Hall–Kier alpha value is -2.70. The molecular weight excluding hydrogens is 260 g/mol. The second-order valence-electron chi connectivity index (χ2n) is 4.22. The van der Waals surface area contributed by atoms with Crippen LogP contribution in [-0.2, 0) is 17.8 Å². The monoisotopic (exact) mass is 274 g/mol. The van der Waals surface area contributed by atoms with Crippen molar-refractivity contribution in [2.75, 3.05) is 5.32 Å². The summed E-state index contributed by atoms with van der Waals surface area (Å²) in [6.07, 6.45) is 3.31. The molecule has 1 amide bonds. The minimum absolute atomic E-state index is 0.0150. The quantitative estimate of drug-likeness (QED) is 0.666. The molecule has 0 bridgehead atoms. The second kappa shape index (κ2) is 5.96. The minimum Gasteiger partial charge on any atom is -0.358 e. The highest BCUT2D eigenvalue weighted by molar-refractivity contribution is 5.91. The molecule has 0 aliphatic carbocycles. The van der Waals surface area contributed by atoms with E-state index in [0.29, 0.717) is 0 Å². The van der Waals surface area contributed by atoms with Gasteiger partial charge in [0.25, 0.3) is 0 Å². The van der Waals surface area contributed by atoms with Crippen molar-refractivity contribution in [3.63, 3.8) is 0 Å². The Labute approximate surface area is 115 Å². The van der Waals surface area contributed by atoms with E-state index in [2.05, 4.69) is 10.3 Å². The number of hydrogen-bond acceptors (Lipinski definition) is 4. The van der Waals surface area contributed by atoms with E-state index in [1.807, 2.05) is 31.2 Å². The van der Waals surface area contributed by atoms with Crippen molar-refractivity contribution in [2.24, 2.45) is 0 Å². The Morgan fingerprint density at radius 2 is 2.20 bits per heavy atom. The lowest BCUT2D eigenvalue weighted by Crippen LogP contribution is -2.18. The minimum atomic E-state index is -0.596. The Morgan fingerprint density at radius 3 is 2.85 bits per heavy atom. The highest BCUT2D eigenvalue weighted by Crippen LogP contribution is 2.15. The van der Waals surface area contributed by atoms with Gasteiger partial charge in [0.05, 0.1) is 0 Å². The lowest BCUT2D eigenvalue weighted by atomic mass is 10.1. The van der Waals surface area contributed by atoms with Crippen LogP contribution in [-0.4, -0.2) is 20.4 Å². The van der Waals surface area contributed by atoms with Gasteiger partial charge in [0.1, 0.15) is 12.7 Å². The first-order chi connectivity index (χ1) is 9.60. The molecule has 2 rings (SSSR count). The fraction of sp³-hybridized carbons (Fsp3) is 0.231. The van der Waals surface area contributed by atoms with E-state index < -0.39 is 4.92 Å². The number of rotatable bonds is 5. The largest absolute Gasteiger partial charge is 0.381 e. The van der Waals surface area contributed by atoms with E-state index in [1.54, 1.807) is 0 Å². The maximum absolute atomic E-state index is 11.9. The third kappa shape index (κ3) is 3.19. The van der Waals surface area contributed by atoms with Crippen molar-refractivity contribution in [2.45, 2.75) is 19.9 Å². The Bertz CT molecular complexity index is 636. The van der Waals surface area contributed by atoms with Gasteiger partial charge < -0.3 is 20.0 Å². The maximum Gasteiger partial charge on any atom is 0.381 e. The van der Waals surface area contributed by atoms with E-state index in [0.717, 1.165) is 17.7 Å². The zero-order valence-corrected chi connectivity index (χ0v) is 10.9. The molecule has 0 saturated carbocycles. The first kappa shape index (κ1) is 13.7. The molecule has 7 heteroatoms. The second-order valence-corrected chi connectivity index (χ2v) is 4.22. The van der Waals surface area contributed by atoms with E-state index >= 15 is 0 Å². The number of amides is 1. The summed E-state index contributed by atoms with van der Waals surface area (Å²) in [7, 11) is 0. The average Bonchev–Trinajstić information content (AvgIpc) is 2.88. The molecule has 0 atom stereocenters. The third-order valence-electron chi connectivity index (χ3n) is 2.81. The molecular formula is C13H14N4O3. The van der Waals surface area contributed by atoms with Crippen LogP contribution >= 0.6 is 0 Å². The van der Waals surface area contributed by atoms with Gasteiger partial charge in [-0.2, -0.15) is 0 Å². The number of para-hydroxylation sites is 1. The zero-order valence-electron chi connectivity index (χ0n) is 10.9. The summed E-state index contributed by atoms with van der Waals surface area (Å²) in [5, 5.41) is 13.3. The molecule has 7 nitrogen and oxygen atoms in total. The van der Waals surface area contributed by atoms with Gasteiger partial charge in [-0.05, 0) is 28.0 Å². The van der Waals surface area contributed by atoms with E-state index in [1.165, 1.54) is 17.1 Å². The van der Waals surface area contributed by atoms with Crippen molar-refractivity contribution in [3.05, 3.63) is 52.5 Å². The number of carbonyl (C=O) groups is 1. The predicted octanol–water partition coefficient (Wildman–Crippen LogP) is 1.99. The number of carbonyl (C=O) groups excluding carboxylic acids is 1. The lowest BCUT2D eigenvalue weighted by Gasteiger charge is -2.09. The number of nitro groups is 1. The van der Waals surface area contributed by atoms with Crippen LogP contribution in [0.1, 0.15) is 12.5 Å². The van der Waals surface area contributed by atoms with E-state index in [4.69, 9.17) is 0 Å². The van der Waals surface area contributed by atoms with Crippen LogP contribution in [0.15, 0.2) is 36.8 Å². The van der Waals surface area contributed by atoms with E-state index in [-0.39, 0.29) is 18.3 Å². The van der Waals surface area contributed by atoms with Gasteiger partial charge in [-0.25, -0.2) is 0 Å². The van der Waals surface area contributed by atoms with Gasteiger partial charge in [0, 0.05) is 5.69 Å². The highest BCUT2D eigenvalue weighted by atomic mass is 16.6. The summed E-state index contributed by atoms with van der Waals surface area (Å²) < 4.78 is 1.38. The number of benzene rings is 1. The topological polar surface area (TPSA) is 90.1 Å². The first-order valence-electron chi connectivity index (χ1n) is 6.14. The lowest BCUT2D eigenvalue weighted by molar-refractivity contribution is -0.389. The molecule has 1 N–H and O–H groups in total. The first-order valence-corrected chi connectivity index (χ1v) is 6.14. The van der Waals surface area contributed by atoms with Crippen LogP contribution in [0.5, 0.6) is 0 Å². The maximum atomic E-state index is 11.9. The Kier molecular flexibility index (Phi) is 4.09. The van der Waals surface area contributed by atoms with Gasteiger partial charge >= 0.3 is 5.82 Å². The van der Waals surface area contributed by atoms with Crippen molar-refractivity contribution in [1.82, 2.24) is 9.55 Å². The fourth-order valence-electron chi connectivity index (χ4n) is 1.84. The molecule has 2 aromatic rings. The molecule has 0 aliphatic heterocycles. The van der Waals surface area contributed by atoms with Crippen LogP contribution in [0.3, 0.4) is 0 Å². The highest BCUT2D eigenvalue weighted by Gasteiger charge is 2.12. The molecule has 0 aliphatic rings. The zero-order chi connectivity index (χ0) is 14.5. The fourth-order valence-corrected chi connectivity index (χ4v) is 1.84. The SMILES string of the molecule is CCc1ccccc1NC(=O)Cn1cnc([N+](=O)[O-])c1. The molecule has 0 saturated heterocycles. The van der Waals surface area contributed by atoms with Crippen LogP contribution in [0.2, 0.25) is 0 Å². The van der Waals surface area contributed by atoms with E-state index in [9.17, 15) is 14.9 Å². The summed E-state index contributed by atoms with van der Waals surface area (Å²) in [6.45, 7) is 1.99. The number of aromatic nitrogens is 2. The van der Waals surface area contributed by atoms with Crippen molar-refractivity contribution in [1.29, 1.82) is 0 Å². The van der Waals surface area contributed by atoms with Crippen LogP contribution in [0, 0.1) is 10.1 Å². The Balaban J connectivity index is 2.03. The molecule has 0 spiro atoms. The number of hydrogen-bond donors (Lipinski definition) is 1. The van der Waals surface area contributed by atoms with Gasteiger partial charge in [0.15, 0.2) is 0 Å². The van der Waals surface area contributed by atoms with Crippen LogP contribution in [0.4, 0.5) is 11.5 Å². The van der Waals surface area contributed by atoms with Crippen LogP contribution < -0.4 is 5.32 Å². The molecule has 1 aromatic heterocycles. The normalized spacial score (nSPS) is 10.2. The average molecular weight is 274 g/mol. The predicted molar refractivity (Wildman–Crippen MR) is 73.3 cm³/mol. The van der Waals surface area contributed by atoms with Crippen molar-refractivity contribution >= 4 is 17.4 Å². The Morgan fingerprint density at radius 1 is 1.45 bits per heavy atom. The molecule has 20 heavy (non-hydrogen) atoms. The molecule has 104 valence electrons. The molecule has 1 aromatic carbocycles. The van der Waals surface area contributed by atoms with Gasteiger partial charge in [-0.3, -0.25) is 4.79 Å². The summed E-state index contributed by atoms with van der Waals surface area (Å²) in [5.74, 6) is -0.523. The van der Waals surface area contributed by atoms with Crippen LogP contribution in [0.25, 0.3) is 0 Å². The molecule has 0 unspecified atom stereocenters. The molecule has 0 fully saturated rings.